The van der Waals surface area contributed by atoms with Crippen LogP contribution in [0.2, 0.25) is 5.02 Å². The summed E-state index contributed by atoms with van der Waals surface area (Å²) in [5.74, 6) is -0.397. The number of halogens is 1. The van der Waals surface area contributed by atoms with E-state index in [0.29, 0.717) is 17.2 Å². The number of carbonyl (C=O) groups excluding carboxylic acids is 1. The second-order valence-corrected chi connectivity index (χ2v) is 4.53. The summed E-state index contributed by atoms with van der Waals surface area (Å²) in [6.45, 7) is 2.83. The highest BCUT2D eigenvalue weighted by atomic mass is 35.5. The van der Waals surface area contributed by atoms with E-state index in [1.165, 1.54) is 0 Å². The molecule has 0 spiro atoms. The Morgan fingerprint density at radius 3 is 3.00 bits per heavy atom. The summed E-state index contributed by atoms with van der Waals surface area (Å²) in [5.41, 5.74) is 1.32. The van der Waals surface area contributed by atoms with Crippen LogP contribution in [0.1, 0.15) is 22.8 Å². The molecule has 5 heteroatoms. The van der Waals surface area contributed by atoms with E-state index in [2.05, 4.69) is 4.98 Å². The molecule has 0 fully saturated rings. The molecule has 2 rings (SSSR count). The van der Waals surface area contributed by atoms with E-state index in [4.69, 9.17) is 16.3 Å². The Kier molecular flexibility index (Phi) is 4.96. The normalized spacial score (nSPS) is 10.9. The van der Waals surface area contributed by atoms with Gasteiger partial charge >= 0.3 is 5.97 Å². The second kappa shape index (κ2) is 6.91. The average Bonchev–Trinajstić information content (AvgIpc) is 2.92. The van der Waals surface area contributed by atoms with Crippen LogP contribution in [0.4, 0.5) is 0 Å². The lowest BCUT2D eigenvalue weighted by Gasteiger charge is -2.04. The predicted octanol–water partition coefficient (Wildman–Crippen LogP) is 3.43. The summed E-state index contributed by atoms with van der Waals surface area (Å²) in [6.07, 6.45) is 9.32. The lowest BCUT2D eigenvalue weighted by molar-refractivity contribution is 0.0526. The van der Waals surface area contributed by atoms with Crippen LogP contribution in [-0.2, 0) is 11.3 Å². The molecule has 20 heavy (non-hydrogen) atoms. The first-order valence-electron chi connectivity index (χ1n) is 6.29. The number of rotatable bonds is 5. The van der Waals surface area contributed by atoms with Gasteiger partial charge in [0.1, 0.15) is 0 Å². The highest BCUT2D eigenvalue weighted by Gasteiger charge is 2.10. The first-order valence-corrected chi connectivity index (χ1v) is 6.67. The summed E-state index contributed by atoms with van der Waals surface area (Å²) < 4.78 is 6.88. The van der Waals surface area contributed by atoms with Gasteiger partial charge < -0.3 is 9.30 Å². The Morgan fingerprint density at radius 2 is 2.35 bits per heavy atom. The maximum absolute atomic E-state index is 11.6. The monoisotopic (exact) mass is 290 g/mol. The lowest BCUT2D eigenvalue weighted by Crippen LogP contribution is -2.05. The Hall–Kier alpha value is -2.07. The van der Waals surface area contributed by atoms with Crippen LogP contribution in [-0.4, -0.2) is 22.1 Å². The van der Waals surface area contributed by atoms with E-state index in [9.17, 15) is 4.79 Å². The Balaban J connectivity index is 2.05. The van der Waals surface area contributed by atoms with Crippen molar-refractivity contribution in [3.8, 4) is 0 Å². The Labute approximate surface area is 122 Å². The highest BCUT2D eigenvalue weighted by molar-refractivity contribution is 6.33. The van der Waals surface area contributed by atoms with Crippen molar-refractivity contribution < 1.29 is 9.53 Å². The maximum atomic E-state index is 11.6. The van der Waals surface area contributed by atoms with Crippen LogP contribution in [0.3, 0.4) is 0 Å². The molecule has 1 aromatic heterocycles. The first-order chi connectivity index (χ1) is 9.70. The van der Waals surface area contributed by atoms with Gasteiger partial charge in [0.15, 0.2) is 0 Å². The molecule has 0 aliphatic rings. The number of ether oxygens (including phenoxy) is 1. The minimum absolute atomic E-state index is 0.335. The number of imidazole rings is 1. The van der Waals surface area contributed by atoms with Crippen molar-refractivity contribution in [2.45, 2.75) is 13.5 Å². The second-order valence-electron chi connectivity index (χ2n) is 4.12. The minimum atomic E-state index is -0.397. The van der Waals surface area contributed by atoms with Crippen LogP contribution < -0.4 is 0 Å². The smallest absolute Gasteiger partial charge is 0.339 e. The van der Waals surface area contributed by atoms with Crippen LogP contribution in [0, 0.1) is 0 Å². The van der Waals surface area contributed by atoms with E-state index in [1.807, 2.05) is 29.0 Å². The van der Waals surface area contributed by atoms with E-state index in [-0.39, 0.29) is 0 Å². The van der Waals surface area contributed by atoms with E-state index < -0.39 is 5.97 Å². The number of benzene rings is 1. The Bertz CT molecular complexity index is 606. The summed E-state index contributed by atoms with van der Waals surface area (Å²) in [6, 6.07) is 5.26. The van der Waals surface area contributed by atoms with E-state index >= 15 is 0 Å². The first kappa shape index (κ1) is 14.3. The fourth-order valence-electron chi connectivity index (χ4n) is 1.71. The molecule has 1 aromatic carbocycles. The van der Waals surface area contributed by atoms with Gasteiger partial charge in [0.05, 0.1) is 23.5 Å². The van der Waals surface area contributed by atoms with Crippen molar-refractivity contribution in [1.82, 2.24) is 9.55 Å². The van der Waals surface area contributed by atoms with Gasteiger partial charge in [-0.05, 0) is 24.6 Å². The summed E-state index contributed by atoms with van der Waals surface area (Å²) in [7, 11) is 0. The summed E-state index contributed by atoms with van der Waals surface area (Å²) >= 11 is 6.09. The third-order valence-electron chi connectivity index (χ3n) is 2.67. The predicted molar refractivity (Wildman–Crippen MR) is 78.7 cm³/mol. The largest absolute Gasteiger partial charge is 0.462 e. The zero-order valence-electron chi connectivity index (χ0n) is 11.1. The van der Waals surface area contributed by atoms with E-state index in [0.717, 1.165) is 12.1 Å². The van der Waals surface area contributed by atoms with Crippen molar-refractivity contribution in [2.75, 3.05) is 6.61 Å². The van der Waals surface area contributed by atoms with Gasteiger partial charge in [-0.25, -0.2) is 9.78 Å². The van der Waals surface area contributed by atoms with Gasteiger partial charge in [-0.3, -0.25) is 0 Å². The van der Waals surface area contributed by atoms with Gasteiger partial charge in [-0.1, -0.05) is 29.8 Å². The van der Waals surface area contributed by atoms with Gasteiger partial charge in [0.25, 0.3) is 0 Å². The van der Waals surface area contributed by atoms with Crippen molar-refractivity contribution in [2.24, 2.45) is 0 Å². The van der Waals surface area contributed by atoms with Crippen LogP contribution in [0.15, 0.2) is 43.0 Å². The van der Waals surface area contributed by atoms with Gasteiger partial charge in [0, 0.05) is 18.9 Å². The SMILES string of the molecule is CCOC(=O)c1ccc(C=CCn2ccnc2)cc1Cl. The molecule has 0 bridgehead atoms. The Morgan fingerprint density at radius 1 is 1.50 bits per heavy atom. The van der Waals surface area contributed by atoms with Crippen LogP contribution in [0.5, 0.6) is 0 Å². The zero-order chi connectivity index (χ0) is 14.4. The third-order valence-corrected chi connectivity index (χ3v) is 2.99. The molecule has 0 aliphatic heterocycles. The van der Waals surface area contributed by atoms with Crippen molar-refractivity contribution in [1.29, 1.82) is 0 Å². The number of nitrogens with zero attached hydrogens (tertiary/aromatic N) is 2. The lowest BCUT2D eigenvalue weighted by atomic mass is 10.1. The molecule has 0 atom stereocenters. The molecule has 0 amide bonds. The van der Waals surface area contributed by atoms with Gasteiger partial charge in [-0.15, -0.1) is 0 Å². The van der Waals surface area contributed by atoms with E-state index in [1.54, 1.807) is 31.6 Å². The molecule has 0 N–H and O–H groups in total. The molecule has 0 unspecified atom stereocenters. The van der Waals surface area contributed by atoms with Gasteiger partial charge in [0.2, 0.25) is 0 Å². The number of carbonyl (C=O) groups is 1. The number of esters is 1. The molecule has 1 heterocycles. The number of aromatic nitrogens is 2. The topological polar surface area (TPSA) is 44.1 Å². The fourth-order valence-corrected chi connectivity index (χ4v) is 1.98. The van der Waals surface area contributed by atoms with Crippen LogP contribution in [0.25, 0.3) is 6.08 Å². The molecular formula is C15H15ClN2O2. The highest BCUT2D eigenvalue weighted by Crippen LogP contribution is 2.19. The standard InChI is InChI=1S/C15H15ClN2O2/c1-2-20-15(19)13-6-5-12(10-14(13)16)4-3-8-18-9-7-17-11-18/h3-7,9-11H,2,8H2,1H3. The van der Waals surface area contributed by atoms with Crippen molar-refractivity contribution >= 4 is 23.6 Å². The number of hydrogen-bond acceptors (Lipinski definition) is 3. The number of allylic oxidation sites excluding steroid dienone is 1. The summed E-state index contributed by atoms with van der Waals surface area (Å²) in [5, 5.41) is 0.397. The van der Waals surface area contributed by atoms with Crippen LogP contribution >= 0.6 is 11.6 Å². The quantitative estimate of drug-likeness (QED) is 0.793. The summed E-state index contributed by atoms with van der Waals surface area (Å²) in [4.78, 5) is 15.6. The third kappa shape index (κ3) is 3.71. The maximum Gasteiger partial charge on any atom is 0.339 e. The minimum Gasteiger partial charge on any atom is -0.462 e. The van der Waals surface area contributed by atoms with Crippen molar-refractivity contribution in [3.63, 3.8) is 0 Å². The molecule has 104 valence electrons. The van der Waals surface area contributed by atoms with Crippen molar-refractivity contribution in [3.05, 3.63) is 59.1 Å². The van der Waals surface area contributed by atoms with Gasteiger partial charge in [-0.2, -0.15) is 0 Å². The molecule has 4 nitrogen and oxygen atoms in total. The zero-order valence-corrected chi connectivity index (χ0v) is 11.9. The molecule has 0 radical (unpaired) electrons. The fraction of sp³-hybridized carbons (Fsp3) is 0.200. The molecule has 0 saturated heterocycles. The average molecular weight is 291 g/mol. The molecule has 0 aliphatic carbocycles. The molecule has 2 aromatic rings. The number of hydrogen-bond donors (Lipinski definition) is 0. The molecular weight excluding hydrogens is 276 g/mol. The molecule has 0 saturated carbocycles.